The van der Waals surface area contributed by atoms with Crippen molar-refractivity contribution in [3.05, 3.63) is 99.3 Å². The lowest BCUT2D eigenvalue weighted by atomic mass is 10.0. The lowest BCUT2D eigenvalue weighted by Gasteiger charge is -2.14. The number of anilines is 1. The smallest absolute Gasteiger partial charge is 0.326 e. The SMILES string of the molecule is O=C(Cc1ccc(F)cc1)c1cc(NC(=O)C2C(c3cc(C(F)(F)F)cc(C(F)(F)F)c3)C2(Cl)Cl)ccc1Cl. The molecule has 2 atom stereocenters. The molecule has 39 heavy (non-hydrogen) atoms. The highest BCUT2D eigenvalue weighted by Gasteiger charge is 2.68. The first-order valence-corrected chi connectivity index (χ1v) is 12.2. The number of alkyl halides is 8. The molecule has 1 amide bonds. The normalized spacial score (nSPS) is 18.5. The molecule has 1 N–H and O–H groups in total. The van der Waals surface area contributed by atoms with Gasteiger partial charge in [-0.15, -0.1) is 23.2 Å². The summed E-state index contributed by atoms with van der Waals surface area (Å²) in [6, 6.07) is 10.0. The number of hydrogen-bond donors (Lipinski definition) is 1. The molecular formula is C26H15Cl3F7NO2. The van der Waals surface area contributed by atoms with Crippen LogP contribution in [0.15, 0.2) is 60.7 Å². The number of amides is 1. The van der Waals surface area contributed by atoms with E-state index in [2.05, 4.69) is 5.32 Å². The first kappa shape index (κ1) is 29.2. The van der Waals surface area contributed by atoms with Gasteiger partial charge in [-0.1, -0.05) is 23.7 Å². The number of benzene rings is 3. The van der Waals surface area contributed by atoms with Crippen LogP contribution in [-0.2, 0) is 23.6 Å². The zero-order chi connectivity index (χ0) is 28.9. The molecule has 1 saturated carbocycles. The van der Waals surface area contributed by atoms with Crippen LogP contribution in [0, 0.1) is 11.7 Å². The van der Waals surface area contributed by atoms with Crippen molar-refractivity contribution in [1.82, 2.24) is 0 Å². The second-order valence-electron chi connectivity index (χ2n) is 8.88. The molecular weight excluding hydrogens is 598 g/mol. The van der Waals surface area contributed by atoms with Crippen LogP contribution >= 0.6 is 34.8 Å². The van der Waals surface area contributed by atoms with E-state index in [0.29, 0.717) is 17.7 Å². The first-order valence-electron chi connectivity index (χ1n) is 11.0. The predicted molar refractivity (Wildman–Crippen MR) is 132 cm³/mol. The average molecular weight is 613 g/mol. The first-order chi connectivity index (χ1) is 18.0. The Balaban J connectivity index is 1.57. The maximum absolute atomic E-state index is 13.3. The van der Waals surface area contributed by atoms with E-state index in [1.807, 2.05) is 0 Å². The van der Waals surface area contributed by atoms with Gasteiger partial charge in [0.2, 0.25) is 5.91 Å². The highest BCUT2D eigenvalue weighted by atomic mass is 35.5. The van der Waals surface area contributed by atoms with Crippen molar-refractivity contribution in [3.8, 4) is 0 Å². The monoisotopic (exact) mass is 611 g/mol. The van der Waals surface area contributed by atoms with E-state index in [4.69, 9.17) is 34.8 Å². The van der Waals surface area contributed by atoms with Gasteiger partial charge in [0.15, 0.2) is 5.78 Å². The lowest BCUT2D eigenvalue weighted by molar-refractivity contribution is -0.143. The van der Waals surface area contributed by atoms with Gasteiger partial charge in [-0.3, -0.25) is 9.59 Å². The van der Waals surface area contributed by atoms with Crippen molar-refractivity contribution in [2.45, 2.75) is 29.0 Å². The van der Waals surface area contributed by atoms with E-state index in [0.717, 1.165) is 0 Å². The third-order valence-corrected chi connectivity index (χ3v) is 7.39. The molecule has 3 aromatic rings. The zero-order valence-corrected chi connectivity index (χ0v) is 21.5. The Hall–Kier alpha value is -2.82. The number of rotatable bonds is 6. The molecule has 0 aromatic heterocycles. The third kappa shape index (κ3) is 6.34. The molecule has 2 unspecified atom stereocenters. The van der Waals surface area contributed by atoms with Crippen molar-refractivity contribution in [2.24, 2.45) is 5.92 Å². The summed E-state index contributed by atoms with van der Waals surface area (Å²) >= 11 is 18.4. The van der Waals surface area contributed by atoms with Crippen molar-refractivity contribution in [1.29, 1.82) is 0 Å². The lowest BCUT2D eigenvalue weighted by Crippen LogP contribution is -2.17. The molecule has 0 heterocycles. The van der Waals surface area contributed by atoms with Gasteiger partial charge < -0.3 is 5.32 Å². The zero-order valence-electron chi connectivity index (χ0n) is 19.2. The number of Topliss-reactive ketones (excluding diaryl/α,β-unsaturated/α-hetero) is 1. The van der Waals surface area contributed by atoms with Crippen LogP contribution in [0.3, 0.4) is 0 Å². The number of halogens is 10. The van der Waals surface area contributed by atoms with Gasteiger partial charge in [-0.05, 0) is 59.7 Å². The molecule has 0 aliphatic heterocycles. The minimum absolute atomic E-state index is 0.0156. The van der Waals surface area contributed by atoms with Gasteiger partial charge in [0.25, 0.3) is 0 Å². The molecule has 1 aliphatic rings. The van der Waals surface area contributed by atoms with Crippen LogP contribution < -0.4 is 5.32 Å². The fourth-order valence-electron chi connectivity index (χ4n) is 4.15. The summed E-state index contributed by atoms with van der Waals surface area (Å²) in [5, 5.41) is 2.48. The molecule has 1 fully saturated rings. The largest absolute Gasteiger partial charge is 0.416 e. The number of carbonyl (C=O) groups excluding carboxylic acids is 2. The fourth-order valence-corrected chi connectivity index (χ4v) is 5.20. The highest BCUT2D eigenvalue weighted by Crippen LogP contribution is 2.65. The van der Waals surface area contributed by atoms with Crippen LogP contribution in [0.2, 0.25) is 5.02 Å². The maximum atomic E-state index is 13.3. The quantitative estimate of drug-likeness (QED) is 0.172. The van der Waals surface area contributed by atoms with E-state index in [-0.39, 0.29) is 28.8 Å². The molecule has 0 spiro atoms. The highest BCUT2D eigenvalue weighted by molar-refractivity contribution is 6.53. The van der Waals surface area contributed by atoms with E-state index in [1.54, 1.807) is 0 Å². The van der Waals surface area contributed by atoms with Crippen LogP contribution in [0.1, 0.15) is 38.5 Å². The van der Waals surface area contributed by atoms with E-state index >= 15 is 0 Å². The Morgan fingerprint density at radius 1 is 0.846 bits per heavy atom. The Morgan fingerprint density at radius 2 is 1.41 bits per heavy atom. The summed E-state index contributed by atoms with van der Waals surface area (Å²) in [5.41, 5.74) is -3.06. The minimum atomic E-state index is -5.09. The summed E-state index contributed by atoms with van der Waals surface area (Å²) < 4.78 is 90.8. The number of ketones is 1. The van der Waals surface area contributed by atoms with E-state index in [1.165, 1.54) is 42.5 Å². The van der Waals surface area contributed by atoms with Crippen LogP contribution in [0.4, 0.5) is 36.4 Å². The van der Waals surface area contributed by atoms with Crippen molar-refractivity contribution in [3.63, 3.8) is 0 Å². The summed E-state index contributed by atoms with van der Waals surface area (Å²) in [6.07, 6.45) is -10.3. The summed E-state index contributed by atoms with van der Waals surface area (Å²) in [6.45, 7) is 0. The number of carbonyl (C=O) groups is 2. The molecule has 13 heteroatoms. The molecule has 3 aromatic carbocycles. The van der Waals surface area contributed by atoms with Gasteiger partial charge in [0, 0.05) is 23.6 Å². The van der Waals surface area contributed by atoms with Gasteiger partial charge in [-0.25, -0.2) is 4.39 Å². The Bertz CT molecular complexity index is 1400. The Labute approximate surface area is 231 Å². The number of nitrogens with one attached hydrogen (secondary N) is 1. The minimum Gasteiger partial charge on any atom is -0.326 e. The molecule has 1 aliphatic carbocycles. The van der Waals surface area contributed by atoms with Crippen molar-refractivity contribution < 1.29 is 40.3 Å². The Kier molecular flexibility index (Phi) is 7.70. The molecule has 0 saturated heterocycles. The fraction of sp³-hybridized carbons (Fsp3) is 0.231. The van der Waals surface area contributed by atoms with Crippen LogP contribution in [-0.4, -0.2) is 16.0 Å². The summed E-state index contributed by atoms with van der Waals surface area (Å²) in [7, 11) is 0. The Morgan fingerprint density at radius 3 is 1.95 bits per heavy atom. The number of hydrogen-bond acceptors (Lipinski definition) is 2. The van der Waals surface area contributed by atoms with Gasteiger partial charge in [0.05, 0.1) is 22.1 Å². The van der Waals surface area contributed by atoms with Gasteiger partial charge >= 0.3 is 12.4 Å². The second-order valence-corrected chi connectivity index (χ2v) is 10.7. The summed E-state index contributed by atoms with van der Waals surface area (Å²) in [5.74, 6) is -4.62. The van der Waals surface area contributed by atoms with Crippen LogP contribution in [0.5, 0.6) is 0 Å². The van der Waals surface area contributed by atoms with E-state index < -0.39 is 62.7 Å². The molecule has 206 valence electrons. The molecule has 0 radical (unpaired) electrons. The molecule has 4 rings (SSSR count). The van der Waals surface area contributed by atoms with Crippen molar-refractivity contribution in [2.75, 3.05) is 5.32 Å². The standard InChI is InChI=1S/C26H15Cl3F7NO2/c27-19-6-5-17(11-18(19)20(38)7-12-1-3-16(30)4-2-12)37-23(39)22-21(24(22,28)29)13-8-14(25(31,32)33)10-15(9-13)26(34,35)36/h1-6,8-11,21-22H,7H2,(H,37,39). The van der Waals surface area contributed by atoms with Gasteiger partial charge in [0.1, 0.15) is 10.2 Å². The predicted octanol–water partition coefficient (Wildman–Crippen LogP) is 8.47. The average Bonchev–Trinajstić information content (AvgIpc) is 3.42. The third-order valence-electron chi connectivity index (χ3n) is 6.12. The topological polar surface area (TPSA) is 46.2 Å². The van der Waals surface area contributed by atoms with Crippen molar-refractivity contribution >= 4 is 52.2 Å². The van der Waals surface area contributed by atoms with Crippen LogP contribution in [0.25, 0.3) is 0 Å². The van der Waals surface area contributed by atoms with Gasteiger partial charge in [-0.2, -0.15) is 26.3 Å². The molecule has 0 bridgehead atoms. The van der Waals surface area contributed by atoms with E-state index in [9.17, 15) is 40.3 Å². The summed E-state index contributed by atoms with van der Waals surface area (Å²) in [4.78, 5) is 25.7. The maximum Gasteiger partial charge on any atom is 0.416 e. The molecule has 3 nitrogen and oxygen atoms in total. The second kappa shape index (κ2) is 10.3.